The summed E-state index contributed by atoms with van der Waals surface area (Å²) in [6.45, 7) is 1.17. The van der Waals surface area contributed by atoms with Crippen molar-refractivity contribution in [3.05, 3.63) is 59.8 Å². The summed E-state index contributed by atoms with van der Waals surface area (Å²) < 4.78 is 0. The Bertz CT molecular complexity index is 942. The second kappa shape index (κ2) is 6.25. The van der Waals surface area contributed by atoms with E-state index >= 15 is 0 Å². The Morgan fingerprint density at radius 3 is 2.73 bits per heavy atom. The van der Waals surface area contributed by atoms with Crippen LogP contribution in [0.2, 0.25) is 0 Å². The number of anilines is 1. The number of rotatable bonds is 6. The number of carbonyl (C=O) groups is 1. The molecule has 1 amide bonds. The predicted molar refractivity (Wildman–Crippen MR) is 102 cm³/mol. The summed E-state index contributed by atoms with van der Waals surface area (Å²) in [5.41, 5.74) is 3.44. The molecule has 2 aliphatic rings. The molecule has 2 atom stereocenters. The molecule has 2 fully saturated rings. The molecule has 3 aromatic rings. The van der Waals surface area contributed by atoms with Crippen LogP contribution in [0.3, 0.4) is 0 Å². The third-order valence-electron chi connectivity index (χ3n) is 5.44. The molecule has 5 rings (SSSR count). The fourth-order valence-corrected chi connectivity index (χ4v) is 3.57. The molecule has 26 heavy (non-hydrogen) atoms. The van der Waals surface area contributed by atoms with Gasteiger partial charge in [-0.25, -0.2) is 0 Å². The summed E-state index contributed by atoms with van der Waals surface area (Å²) in [7, 11) is 0. The molecule has 2 aliphatic carbocycles. The van der Waals surface area contributed by atoms with Crippen LogP contribution >= 0.6 is 0 Å². The van der Waals surface area contributed by atoms with Crippen molar-refractivity contribution in [3.8, 4) is 0 Å². The van der Waals surface area contributed by atoms with Gasteiger partial charge in [0.25, 0.3) is 5.91 Å². The fourth-order valence-electron chi connectivity index (χ4n) is 3.57. The Kier molecular flexibility index (Phi) is 3.75. The van der Waals surface area contributed by atoms with Crippen LogP contribution in [0, 0.1) is 5.92 Å². The lowest BCUT2D eigenvalue weighted by Gasteiger charge is -2.06. The van der Waals surface area contributed by atoms with Gasteiger partial charge in [0.15, 0.2) is 5.69 Å². The lowest BCUT2D eigenvalue weighted by Crippen LogP contribution is -2.20. The first-order valence-corrected chi connectivity index (χ1v) is 9.36. The number of nitrogens with zero attached hydrogens (tertiary/aromatic N) is 1. The van der Waals surface area contributed by atoms with Gasteiger partial charge in [0.1, 0.15) is 0 Å². The van der Waals surface area contributed by atoms with Crippen LogP contribution in [0.25, 0.3) is 10.9 Å². The van der Waals surface area contributed by atoms with Crippen molar-refractivity contribution in [1.82, 2.24) is 15.5 Å². The van der Waals surface area contributed by atoms with Crippen molar-refractivity contribution in [1.29, 1.82) is 0 Å². The lowest BCUT2D eigenvalue weighted by atomic mass is 10.1. The molecule has 5 heteroatoms. The number of benzene rings is 2. The Labute approximate surface area is 152 Å². The first-order valence-electron chi connectivity index (χ1n) is 9.36. The smallest absolute Gasteiger partial charge is 0.276 e. The summed E-state index contributed by atoms with van der Waals surface area (Å²) >= 11 is 0. The number of aromatic amines is 1. The van der Waals surface area contributed by atoms with Crippen molar-refractivity contribution >= 4 is 22.5 Å². The second-order valence-electron chi connectivity index (χ2n) is 7.49. The van der Waals surface area contributed by atoms with Gasteiger partial charge >= 0.3 is 0 Å². The summed E-state index contributed by atoms with van der Waals surface area (Å²) in [5, 5.41) is 14.5. The van der Waals surface area contributed by atoms with Gasteiger partial charge in [-0.05, 0) is 55.5 Å². The Balaban J connectivity index is 1.23. The summed E-state index contributed by atoms with van der Waals surface area (Å²) in [4.78, 5) is 12.5. The molecule has 5 nitrogen and oxygen atoms in total. The van der Waals surface area contributed by atoms with Crippen LogP contribution in [-0.4, -0.2) is 28.7 Å². The van der Waals surface area contributed by atoms with E-state index in [9.17, 15) is 4.79 Å². The first-order chi connectivity index (χ1) is 12.8. The van der Waals surface area contributed by atoms with Crippen molar-refractivity contribution in [2.24, 2.45) is 5.92 Å². The predicted octanol–water partition coefficient (Wildman–Crippen LogP) is 3.67. The van der Waals surface area contributed by atoms with E-state index in [2.05, 4.69) is 33.0 Å². The maximum atomic E-state index is 12.5. The highest BCUT2D eigenvalue weighted by atomic mass is 16.1. The average Bonchev–Trinajstić information content (AvgIpc) is 3.58. The van der Waals surface area contributed by atoms with Crippen LogP contribution in [0.4, 0.5) is 5.69 Å². The fraction of sp³-hybridized carbons (Fsp3) is 0.333. The van der Waals surface area contributed by atoms with E-state index in [0.717, 1.165) is 22.5 Å². The van der Waals surface area contributed by atoms with E-state index in [-0.39, 0.29) is 5.91 Å². The SMILES string of the molecule is O=C(Nc1ccc([C@@H]2C[C@H]2NCC2CC2)cc1)c1n[nH]c2ccccc12. The first kappa shape index (κ1) is 15.6. The highest BCUT2D eigenvalue weighted by Crippen LogP contribution is 2.41. The van der Waals surface area contributed by atoms with Gasteiger partial charge in [-0.3, -0.25) is 9.89 Å². The van der Waals surface area contributed by atoms with Gasteiger partial charge in [-0.15, -0.1) is 0 Å². The normalized spacial score (nSPS) is 21.7. The van der Waals surface area contributed by atoms with Crippen LogP contribution in [0.1, 0.15) is 41.2 Å². The molecule has 2 aromatic carbocycles. The third kappa shape index (κ3) is 3.10. The van der Waals surface area contributed by atoms with Gasteiger partial charge in [-0.1, -0.05) is 30.3 Å². The van der Waals surface area contributed by atoms with Crippen LogP contribution < -0.4 is 10.6 Å². The second-order valence-corrected chi connectivity index (χ2v) is 7.49. The highest BCUT2D eigenvalue weighted by Gasteiger charge is 2.38. The van der Waals surface area contributed by atoms with E-state index in [1.807, 2.05) is 36.4 Å². The quantitative estimate of drug-likeness (QED) is 0.638. The van der Waals surface area contributed by atoms with Crippen LogP contribution in [-0.2, 0) is 0 Å². The zero-order valence-corrected chi connectivity index (χ0v) is 14.5. The zero-order valence-electron chi connectivity index (χ0n) is 14.5. The molecular weight excluding hydrogens is 324 g/mol. The number of hydrogen-bond acceptors (Lipinski definition) is 3. The Morgan fingerprint density at radius 2 is 1.92 bits per heavy atom. The molecule has 0 bridgehead atoms. The number of fused-ring (bicyclic) bond motifs is 1. The van der Waals surface area contributed by atoms with Gasteiger partial charge in [0.2, 0.25) is 0 Å². The van der Waals surface area contributed by atoms with Crippen molar-refractivity contribution in [3.63, 3.8) is 0 Å². The molecule has 0 saturated heterocycles. The monoisotopic (exact) mass is 346 g/mol. The molecular formula is C21H22N4O. The van der Waals surface area contributed by atoms with Crippen molar-refractivity contribution in [2.75, 3.05) is 11.9 Å². The van der Waals surface area contributed by atoms with E-state index in [1.54, 1.807) is 0 Å². The van der Waals surface area contributed by atoms with E-state index in [1.165, 1.54) is 31.4 Å². The van der Waals surface area contributed by atoms with Gasteiger partial charge in [0.05, 0.1) is 5.52 Å². The van der Waals surface area contributed by atoms with E-state index in [0.29, 0.717) is 17.7 Å². The number of H-pyrrole nitrogens is 1. The van der Waals surface area contributed by atoms with E-state index in [4.69, 9.17) is 0 Å². The maximum absolute atomic E-state index is 12.5. The lowest BCUT2D eigenvalue weighted by molar-refractivity contribution is 0.102. The molecule has 2 saturated carbocycles. The van der Waals surface area contributed by atoms with E-state index < -0.39 is 0 Å². The van der Waals surface area contributed by atoms with Crippen molar-refractivity contribution in [2.45, 2.75) is 31.2 Å². The Morgan fingerprint density at radius 1 is 1.12 bits per heavy atom. The van der Waals surface area contributed by atoms with Crippen LogP contribution in [0.5, 0.6) is 0 Å². The number of carbonyl (C=O) groups excluding carboxylic acids is 1. The number of hydrogen-bond donors (Lipinski definition) is 3. The number of aromatic nitrogens is 2. The summed E-state index contributed by atoms with van der Waals surface area (Å²) in [6, 6.07) is 16.5. The molecule has 0 spiro atoms. The molecule has 1 aromatic heterocycles. The summed E-state index contributed by atoms with van der Waals surface area (Å²) in [5.74, 6) is 1.35. The number of para-hydroxylation sites is 1. The minimum atomic E-state index is -0.189. The van der Waals surface area contributed by atoms with Gasteiger partial charge in [-0.2, -0.15) is 5.10 Å². The molecule has 0 unspecified atom stereocenters. The van der Waals surface area contributed by atoms with Gasteiger partial charge in [0, 0.05) is 23.0 Å². The topological polar surface area (TPSA) is 69.8 Å². The van der Waals surface area contributed by atoms with Gasteiger partial charge < -0.3 is 10.6 Å². The molecule has 0 radical (unpaired) electrons. The molecule has 132 valence electrons. The largest absolute Gasteiger partial charge is 0.321 e. The molecule has 0 aliphatic heterocycles. The minimum Gasteiger partial charge on any atom is -0.321 e. The zero-order chi connectivity index (χ0) is 17.5. The molecule has 3 N–H and O–H groups in total. The average molecular weight is 346 g/mol. The summed E-state index contributed by atoms with van der Waals surface area (Å²) in [6.07, 6.45) is 4.01. The number of amides is 1. The van der Waals surface area contributed by atoms with Crippen molar-refractivity contribution < 1.29 is 4.79 Å². The van der Waals surface area contributed by atoms with Crippen LogP contribution in [0.15, 0.2) is 48.5 Å². The molecule has 1 heterocycles. The Hall–Kier alpha value is -2.66. The maximum Gasteiger partial charge on any atom is 0.276 e. The standard InChI is InChI=1S/C21H22N4O/c26-21(20-16-3-1-2-4-18(16)24-25-20)23-15-9-7-14(8-10-15)17-11-19(17)22-12-13-5-6-13/h1-4,7-10,13,17,19,22H,5-6,11-12H2,(H,23,26)(H,24,25)/t17-,19+/m0/s1. The number of nitrogens with one attached hydrogen (secondary N) is 3. The third-order valence-corrected chi connectivity index (χ3v) is 5.44. The highest BCUT2D eigenvalue weighted by molar-refractivity contribution is 6.11. The minimum absolute atomic E-state index is 0.189.